The second-order valence-corrected chi connectivity index (χ2v) is 37.3. The molecule has 44 heteroatoms. The van der Waals surface area contributed by atoms with Crippen LogP contribution in [0.2, 0.25) is 0 Å². The van der Waals surface area contributed by atoms with Crippen LogP contribution in [0.5, 0.6) is 0 Å². The van der Waals surface area contributed by atoms with E-state index in [0.717, 1.165) is 90.9 Å². The highest BCUT2D eigenvalue weighted by molar-refractivity contribution is 6.05. The number of likely N-dealkylation sites (tertiary alicyclic amines) is 5. The molecule has 5 aromatic carbocycles. The average molecular weight is 1930 g/mol. The Labute approximate surface area is 800 Å². The molecule has 17 rings (SSSR count). The molecule has 0 atom stereocenters. The van der Waals surface area contributed by atoms with Crippen LogP contribution in [0.4, 0.5) is 33.6 Å². The zero-order valence-electron chi connectivity index (χ0n) is 77.6. The molecule has 12 aliphatic rings. The third-order valence-electron chi connectivity index (χ3n) is 25.9. The quantitative estimate of drug-likeness (QED) is 0.0237. The molecule has 44 nitrogen and oxygen atoms in total. The minimum atomic E-state index is -1.10. The van der Waals surface area contributed by atoms with Gasteiger partial charge in [0.1, 0.15) is 83.6 Å². The van der Waals surface area contributed by atoms with Crippen molar-refractivity contribution < 1.29 is 131 Å². The molecule has 12 saturated heterocycles. The summed E-state index contributed by atoms with van der Waals surface area (Å²) in [6.07, 6.45) is 3.72. The number of alkyl carbamates (subject to hydrolysis) is 2. The summed E-state index contributed by atoms with van der Waals surface area (Å²) in [6, 6.07) is 42.0. The maximum absolute atomic E-state index is 12.9. The molecule has 0 unspecified atom stereocenters. The maximum Gasteiger partial charge on any atom is 0.413 e. The van der Waals surface area contributed by atoms with Crippen LogP contribution in [0.15, 0.2) is 133 Å². The number of hydrogen-bond donors (Lipinski definition) is 11. The number of carbonyl (C=O) groups excluding carboxylic acids is 10. The lowest BCUT2D eigenvalue weighted by Gasteiger charge is -2.37. The van der Waals surface area contributed by atoms with E-state index in [4.69, 9.17) is 80.5 Å². The summed E-state index contributed by atoms with van der Waals surface area (Å²) >= 11 is 0. The summed E-state index contributed by atoms with van der Waals surface area (Å²) in [6.45, 7) is 15.2. The molecule has 12 N–H and O–H groups in total. The highest BCUT2D eigenvalue weighted by Gasteiger charge is 2.53. The Bertz CT molecular complexity index is 5380. The zero-order valence-corrected chi connectivity index (χ0v) is 77.6. The third kappa shape index (κ3) is 28.3. The number of carboxylic acid groups (broad SMARTS) is 5. The van der Waals surface area contributed by atoms with Crippen molar-refractivity contribution in [3.8, 4) is 6.07 Å². The number of ether oxygens (including phenoxy) is 7. The van der Waals surface area contributed by atoms with Gasteiger partial charge in [0.2, 0.25) is 0 Å². The van der Waals surface area contributed by atoms with E-state index in [1.165, 1.54) is 35.6 Å². The van der Waals surface area contributed by atoms with Gasteiger partial charge in [-0.15, -0.1) is 0 Å². The Balaban J connectivity index is 0.000000152. The molecular formula is C95H117N17O27. The molecule has 12 heterocycles. The predicted octanol–water partition coefficient (Wildman–Crippen LogP) is 6.56. The number of carbonyl (C=O) groups is 15. The number of nitriles is 1. The fraction of sp³-hybridized carbons (Fsp3) is 0.495. The fourth-order valence-corrected chi connectivity index (χ4v) is 18.4. The van der Waals surface area contributed by atoms with Crippen molar-refractivity contribution in [1.82, 2.24) is 64.9 Å². The molecule has 744 valence electrons. The molecule has 5 aromatic rings. The normalized spacial score (nSPS) is 19.9. The molecule has 0 bridgehead atoms. The summed E-state index contributed by atoms with van der Waals surface area (Å²) in [5.41, 5.74) is 6.86. The van der Waals surface area contributed by atoms with Crippen LogP contribution in [0.1, 0.15) is 157 Å². The number of carboxylic acids is 5. The number of nitrogens with one attached hydrogen (secondary N) is 5. The SMILES string of the molecule is CC(C)(C)OC(=O)NC(=N)c1ccc(C(=O)N2CCC3(CC2)CN(CC(=O)O)C(=O)O3)cc1.N#Cc1ccc(C(=O)N2CCC3(CC2)CN(CC(=O)O)C(=O)O3)cc1.N=C(N)c1ccc(C(=O)N2CCC3(CC2)CN(CC(=O)O)C(=O)O3)cc1.O=C(O)CN1CC2(CCN(Cc3ccccc3)CC2)OC1=O.O=C(O)CN1CC2(CCNCC2)OC1=O.O=C1NCC2(CCN(Cc3ccccc3)CC2)O1. The lowest BCUT2D eigenvalue weighted by Crippen LogP contribution is -2.49. The summed E-state index contributed by atoms with van der Waals surface area (Å²) in [4.78, 5) is 189. The highest BCUT2D eigenvalue weighted by atomic mass is 16.6. The van der Waals surface area contributed by atoms with E-state index in [1.807, 2.05) is 30.3 Å². The first-order chi connectivity index (χ1) is 66.0. The van der Waals surface area contributed by atoms with Gasteiger partial charge in [-0.3, -0.25) is 88.8 Å². The van der Waals surface area contributed by atoms with E-state index in [2.05, 4.69) is 62.1 Å². The minimum Gasteiger partial charge on any atom is -0.480 e. The van der Waals surface area contributed by atoms with Crippen LogP contribution in [-0.4, -0.2) is 366 Å². The standard InChI is InChI=1S/C22H28N4O7.C17H20N4O5.C17H17N3O5.C16H20N2O4.C14H18N2O2.C9H14N2O4/c1-21(2,3)32-19(30)24-17(23)14-4-6-15(7-5-14)18(29)25-10-8-22(9-11-25)13-26(12-16(27)28)20(31)33-22;18-14(19)11-1-3-12(4-2-11)15(24)20-7-5-17(6-8-20)10-21(9-13(22)23)16(25)26-17;18-9-12-1-3-13(4-2-12)15(23)19-7-5-17(6-8-19)11-20(10-14(21)22)16(24)25-17;19-14(20)11-18-12-16(22-15(18)21)6-8-17(9-7-16)10-13-4-2-1-3-5-13;17-13-15-11-14(18-13)6-8-16(9-7-14)10-12-4-2-1-3-5-12;12-7(13)5-11-6-9(15-8(11)14)1-3-10-4-2-9/h4-7H,8-13H2,1-3H3,(H,27,28)(H2,23,24,30);1-4H,5-10H2,(H3,18,19)(H,22,23);1-4H,5-8,10-11H2,(H,21,22);1-5H,6-12H2,(H,19,20);1-5H,6-11H2,(H,15,17);10H,1-6H2,(H,12,13). The number of hydrogen-bond acceptors (Lipinski definition) is 28. The van der Waals surface area contributed by atoms with Crippen LogP contribution >= 0.6 is 0 Å². The van der Waals surface area contributed by atoms with Gasteiger partial charge >= 0.3 is 72.5 Å². The maximum atomic E-state index is 12.9. The fourth-order valence-electron chi connectivity index (χ4n) is 18.4. The van der Waals surface area contributed by atoms with Crippen molar-refractivity contribution in [1.29, 1.82) is 16.1 Å². The Morgan fingerprint density at radius 1 is 0.403 bits per heavy atom. The van der Waals surface area contributed by atoms with E-state index in [9.17, 15) is 71.9 Å². The number of aliphatic carboxylic acids is 5. The number of amides is 10. The molecule has 10 amide bonds. The van der Waals surface area contributed by atoms with Crippen LogP contribution in [0.25, 0.3) is 0 Å². The first-order valence-corrected chi connectivity index (χ1v) is 45.7. The van der Waals surface area contributed by atoms with Crippen molar-refractivity contribution in [3.63, 3.8) is 0 Å². The lowest BCUT2D eigenvalue weighted by molar-refractivity contribution is -0.138. The predicted molar refractivity (Wildman–Crippen MR) is 490 cm³/mol. The Kier molecular flexibility index (Phi) is 33.4. The van der Waals surface area contributed by atoms with Gasteiger partial charge in [-0.1, -0.05) is 84.9 Å². The second kappa shape index (κ2) is 45.0. The number of nitrogens with zero attached hydrogens (tertiary/aromatic N) is 11. The Hall–Kier alpha value is -14.7. The van der Waals surface area contributed by atoms with Gasteiger partial charge in [-0.2, -0.15) is 5.26 Å². The Morgan fingerprint density at radius 3 is 0.964 bits per heavy atom. The summed E-state index contributed by atoms with van der Waals surface area (Å²) < 4.78 is 37.6. The van der Waals surface area contributed by atoms with Gasteiger partial charge in [0.15, 0.2) is 0 Å². The van der Waals surface area contributed by atoms with E-state index in [0.29, 0.717) is 131 Å². The number of nitrogens with two attached hydrogens (primary N) is 1. The Morgan fingerprint density at radius 2 is 0.683 bits per heavy atom. The van der Waals surface area contributed by atoms with Crippen LogP contribution in [-0.2, 0) is 70.2 Å². The lowest BCUT2D eigenvalue weighted by atomic mass is 9.91. The van der Waals surface area contributed by atoms with Gasteiger partial charge in [-0.05, 0) is 93.5 Å². The number of piperidine rings is 6. The molecule has 139 heavy (non-hydrogen) atoms. The van der Waals surface area contributed by atoms with Crippen LogP contribution < -0.4 is 21.7 Å². The number of rotatable bonds is 19. The third-order valence-corrected chi connectivity index (χ3v) is 25.9. The molecule has 0 aliphatic carbocycles. The van der Waals surface area contributed by atoms with Gasteiger partial charge in [0, 0.05) is 183 Å². The minimum absolute atomic E-state index is 0.0575. The van der Waals surface area contributed by atoms with Crippen molar-refractivity contribution in [2.24, 2.45) is 5.73 Å². The number of nitrogen functional groups attached to an aromatic ring is 1. The van der Waals surface area contributed by atoms with E-state index >= 15 is 0 Å². The highest BCUT2D eigenvalue weighted by Crippen LogP contribution is 2.40. The van der Waals surface area contributed by atoms with E-state index in [1.54, 1.807) is 108 Å². The molecule has 12 aliphatic heterocycles. The summed E-state index contributed by atoms with van der Waals surface area (Å²) in [5, 5.41) is 76.5. The molecular weight excluding hydrogens is 1810 g/mol. The number of benzene rings is 5. The van der Waals surface area contributed by atoms with Crippen molar-refractivity contribution in [3.05, 3.63) is 178 Å². The summed E-state index contributed by atoms with van der Waals surface area (Å²) in [5.74, 6) is -5.94. The molecule has 0 aromatic heterocycles. The van der Waals surface area contributed by atoms with Gasteiger partial charge in [-0.25, -0.2) is 33.6 Å². The average Bonchev–Trinajstić information content (AvgIpc) is 1.66. The van der Waals surface area contributed by atoms with Gasteiger partial charge in [0.05, 0.1) is 50.9 Å². The number of amidine groups is 2. The zero-order chi connectivity index (χ0) is 100. The van der Waals surface area contributed by atoms with Gasteiger partial charge in [0.25, 0.3) is 17.7 Å². The first-order valence-electron chi connectivity index (χ1n) is 45.7. The molecule has 6 spiro atoms. The molecule has 0 radical (unpaired) electrons. The van der Waals surface area contributed by atoms with E-state index in [-0.39, 0.29) is 86.9 Å². The molecule has 12 fully saturated rings. The van der Waals surface area contributed by atoms with Crippen molar-refractivity contribution in [2.75, 3.05) is 151 Å². The smallest absolute Gasteiger partial charge is 0.413 e. The van der Waals surface area contributed by atoms with E-state index < -0.39 is 107 Å². The van der Waals surface area contributed by atoms with Gasteiger partial charge < -0.3 is 89.8 Å². The largest absolute Gasteiger partial charge is 0.480 e. The van der Waals surface area contributed by atoms with Crippen LogP contribution in [0, 0.1) is 22.1 Å². The summed E-state index contributed by atoms with van der Waals surface area (Å²) in [7, 11) is 0. The van der Waals surface area contributed by atoms with Crippen molar-refractivity contribution in [2.45, 2.75) is 150 Å². The molecule has 0 saturated carbocycles. The van der Waals surface area contributed by atoms with Crippen molar-refractivity contribution >= 4 is 102 Å². The topological polar surface area (TPSA) is 588 Å². The van der Waals surface area contributed by atoms with Crippen LogP contribution in [0.3, 0.4) is 0 Å². The monoisotopic (exact) mass is 1930 g/mol. The first kappa shape index (κ1) is 103. The second-order valence-electron chi connectivity index (χ2n) is 37.3.